The Morgan fingerprint density at radius 2 is 2.10 bits per heavy atom. The molecular formula is C21H37IN6O. The molecule has 1 saturated carbocycles. The van der Waals surface area contributed by atoms with Gasteiger partial charge in [0.15, 0.2) is 11.8 Å². The van der Waals surface area contributed by atoms with Gasteiger partial charge in [-0.15, -0.1) is 24.0 Å². The first kappa shape index (κ1) is 22.8. The predicted octanol–water partition coefficient (Wildman–Crippen LogP) is 3.09. The van der Waals surface area contributed by atoms with Crippen molar-refractivity contribution in [2.75, 3.05) is 13.2 Å². The van der Waals surface area contributed by atoms with E-state index in [9.17, 15) is 0 Å². The van der Waals surface area contributed by atoms with Crippen LogP contribution in [0.5, 0.6) is 0 Å². The summed E-state index contributed by atoms with van der Waals surface area (Å²) in [6.45, 7) is 13.5. The molecule has 0 aromatic carbocycles. The minimum absolute atomic E-state index is 0. The Morgan fingerprint density at radius 3 is 2.83 bits per heavy atom. The minimum Gasteiger partial charge on any atom is -0.377 e. The number of rotatable bonds is 4. The van der Waals surface area contributed by atoms with Crippen molar-refractivity contribution in [1.29, 1.82) is 0 Å². The van der Waals surface area contributed by atoms with E-state index in [4.69, 9.17) is 19.8 Å². The highest BCUT2D eigenvalue weighted by Gasteiger charge is 2.58. The number of aromatic nitrogens is 3. The van der Waals surface area contributed by atoms with Crippen LogP contribution in [0.15, 0.2) is 4.99 Å². The van der Waals surface area contributed by atoms with Crippen molar-refractivity contribution in [3.63, 3.8) is 0 Å². The molecule has 8 heteroatoms. The SMILES string of the molecule is CCN=C(NC1CCc2nc(C(C)C)nn2C1)NC1C2CCCOC2C1(C)C.I. The number of hydrogen-bond donors (Lipinski definition) is 2. The Kier molecular flexibility index (Phi) is 7.13. The number of aliphatic imine (C=N–C) groups is 1. The molecule has 2 fully saturated rings. The van der Waals surface area contributed by atoms with Crippen molar-refractivity contribution < 1.29 is 4.74 Å². The summed E-state index contributed by atoms with van der Waals surface area (Å²) in [7, 11) is 0. The molecule has 1 aromatic rings. The number of nitrogens with one attached hydrogen (secondary N) is 2. The minimum atomic E-state index is 0. The van der Waals surface area contributed by atoms with Crippen LogP contribution in [0.25, 0.3) is 0 Å². The Bertz CT molecular complexity index is 731. The molecule has 29 heavy (non-hydrogen) atoms. The van der Waals surface area contributed by atoms with E-state index in [0.29, 0.717) is 30.0 Å². The first-order chi connectivity index (χ1) is 13.4. The number of halogens is 1. The molecule has 4 unspecified atom stereocenters. The van der Waals surface area contributed by atoms with Gasteiger partial charge in [0, 0.05) is 48.9 Å². The van der Waals surface area contributed by atoms with E-state index in [-0.39, 0.29) is 29.4 Å². The normalized spacial score (nSPS) is 30.6. The lowest BCUT2D eigenvalue weighted by Crippen LogP contribution is -2.71. The molecule has 3 heterocycles. The maximum absolute atomic E-state index is 6.06. The Balaban J connectivity index is 0.00000240. The van der Waals surface area contributed by atoms with Crippen LogP contribution in [0.3, 0.4) is 0 Å². The quantitative estimate of drug-likeness (QED) is 0.366. The predicted molar refractivity (Wildman–Crippen MR) is 126 cm³/mol. The van der Waals surface area contributed by atoms with Gasteiger partial charge in [-0.1, -0.05) is 27.7 Å². The number of ether oxygens (including phenoxy) is 1. The summed E-state index contributed by atoms with van der Waals surface area (Å²) in [6.07, 6.45) is 4.81. The Hall–Kier alpha value is -0.900. The smallest absolute Gasteiger partial charge is 0.191 e. The summed E-state index contributed by atoms with van der Waals surface area (Å²) in [4.78, 5) is 9.44. The zero-order valence-electron chi connectivity index (χ0n) is 18.4. The lowest BCUT2D eigenvalue weighted by Gasteiger charge is -2.60. The molecule has 2 aliphatic heterocycles. The van der Waals surface area contributed by atoms with Gasteiger partial charge in [-0.3, -0.25) is 4.99 Å². The first-order valence-corrected chi connectivity index (χ1v) is 11.0. The van der Waals surface area contributed by atoms with E-state index in [0.717, 1.165) is 50.1 Å². The second-order valence-electron chi connectivity index (χ2n) is 9.47. The van der Waals surface area contributed by atoms with Crippen molar-refractivity contribution in [3.05, 3.63) is 11.6 Å². The fourth-order valence-electron chi connectivity index (χ4n) is 5.14. The summed E-state index contributed by atoms with van der Waals surface area (Å²) >= 11 is 0. The number of nitrogens with zero attached hydrogens (tertiary/aromatic N) is 4. The molecule has 1 aliphatic carbocycles. The lowest BCUT2D eigenvalue weighted by atomic mass is 9.55. The van der Waals surface area contributed by atoms with Crippen molar-refractivity contribution in [1.82, 2.24) is 25.4 Å². The van der Waals surface area contributed by atoms with Gasteiger partial charge in [-0.25, -0.2) is 9.67 Å². The van der Waals surface area contributed by atoms with Crippen LogP contribution in [0.2, 0.25) is 0 Å². The number of hydrogen-bond acceptors (Lipinski definition) is 4. The zero-order chi connectivity index (χ0) is 19.9. The fraction of sp³-hybridized carbons (Fsp3) is 0.857. The summed E-state index contributed by atoms with van der Waals surface area (Å²) < 4.78 is 8.14. The molecule has 1 saturated heterocycles. The molecular weight excluding hydrogens is 479 g/mol. The molecule has 0 bridgehead atoms. The van der Waals surface area contributed by atoms with Gasteiger partial charge in [-0.2, -0.15) is 5.10 Å². The van der Waals surface area contributed by atoms with Gasteiger partial charge in [0.1, 0.15) is 5.82 Å². The fourth-order valence-corrected chi connectivity index (χ4v) is 5.14. The van der Waals surface area contributed by atoms with Crippen molar-refractivity contribution in [2.24, 2.45) is 16.3 Å². The maximum atomic E-state index is 6.06. The summed E-state index contributed by atoms with van der Waals surface area (Å²) in [5.74, 6) is 3.97. The second-order valence-corrected chi connectivity index (χ2v) is 9.47. The van der Waals surface area contributed by atoms with Crippen LogP contribution in [0, 0.1) is 11.3 Å². The average Bonchev–Trinajstić information content (AvgIpc) is 3.10. The van der Waals surface area contributed by atoms with E-state index < -0.39 is 0 Å². The molecule has 0 radical (unpaired) electrons. The van der Waals surface area contributed by atoms with Gasteiger partial charge in [0.2, 0.25) is 0 Å². The van der Waals surface area contributed by atoms with Crippen LogP contribution in [0.1, 0.15) is 71.4 Å². The van der Waals surface area contributed by atoms with E-state index in [2.05, 4.69) is 49.9 Å². The summed E-state index contributed by atoms with van der Waals surface area (Å²) in [6, 6.07) is 0.738. The molecule has 164 valence electrons. The van der Waals surface area contributed by atoms with Crippen LogP contribution in [-0.2, 0) is 17.7 Å². The molecule has 0 amide bonds. The molecule has 4 rings (SSSR count). The molecule has 7 nitrogen and oxygen atoms in total. The molecule has 1 aromatic heterocycles. The summed E-state index contributed by atoms with van der Waals surface area (Å²) in [5.41, 5.74) is 0.138. The number of aryl methyl sites for hydroxylation is 1. The van der Waals surface area contributed by atoms with Crippen molar-refractivity contribution >= 4 is 29.9 Å². The zero-order valence-corrected chi connectivity index (χ0v) is 20.8. The first-order valence-electron chi connectivity index (χ1n) is 11.0. The Morgan fingerprint density at radius 1 is 1.31 bits per heavy atom. The van der Waals surface area contributed by atoms with Crippen LogP contribution in [-0.4, -0.2) is 52.1 Å². The van der Waals surface area contributed by atoms with Gasteiger partial charge in [-0.05, 0) is 26.2 Å². The van der Waals surface area contributed by atoms with Gasteiger partial charge in [0.05, 0.1) is 12.6 Å². The van der Waals surface area contributed by atoms with Crippen molar-refractivity contribution in [2.45, 2.75) is 91.0 Å². The topological polar surface area (TPSA) is 76.4 Å². The van der Waals surface area contributed by atoms with Crippen LogP contribution in [0.4, 0.5) is 0 Å². The summed E-state index contributed by atoms with van der Waals surface area (Å²) in [5, 5.41) is 12.1. The van der Waals surface area contributed by atoms with Gasteiger partial charge in [0.25, 0.3) is 0 Å². The van der Waals surface area contributed by atoms with E-state index in [1.807, 2.05) is 0 Å². The van der Waals surface area contributed by atoms with Gasteiger partial charge < -0.3 is 15.4 Å². The Labute approximate surface area is 191 Å². The molecule has 0 spiro atoms. The van der Waals surface area contributed by atoms with Gasteiger partial charge >= 0.3 is 0 Å². The highest BCUT2D eigenvalue weighted by Crippen LogP contribution is 2.51. The number of guanidine groups is 1. The third-order valence-electron chi connectivity index (χ3n) is 6.67. The standard InChI is InChI=1S/C21H36N6O.HI/c1-6-22-20(25-17-15-8-7-11-28-18(15)21(17,4)5)23-14-9-10-16-24-19(13(2)3)26-27(16)12-14;/h13-15,17-18H,6-12H2,1-5H3,(H2,22,23,25);1H. The second kappa shape index (κ2) is 9.08. The highest BCUT2D eigenvalue weighted by molar-refractivity contribution is 14.0. The van der Waals surface area contributed by atoms with Crippen LogP contribution < -0.4 is 10.6 Å². The monoisotopic (exact) mass is 516 g/mol. The number of fused-ring (bicyclic) bond motifs is 2. The maximum Gasteiger partial charge on any atom is 0.191 e. The highest BCUT2D eigenvalue weighted by atomic mass is 127. The lowest BCUT2D eigenvalue weighted by molar-refractivity contribution is -0.188. The average molecular weight is 516 g/mol. The van der Waals surface area contributed by atoms with E-state index in [1.165, 1.54) is 12.8 Å². The molecule has 4 atom stereocenters. The van der Waals surface area contributed by atoms with Crippen molar-refractivity contribution in [3.8, 4) is 0 Å². The van der Waals surface area contributed by atoms with E-state index >= 15 is 0 Å². The molecule has 3 aliphatic rings. The third kappa shape index (κ3) is 4.43. The van der Waals surface area contributed by atoms with E-state index in [1.54, 1.807) is 0 Å². The molecule has 2 N–H and O–H groups in total. The largest absolute Gasteiger partial charge is 0.377 e. The third-order valence-corrected chi connectivity index (χ3v) is 6.67. The van der Waals surface area contributed by atoms with Crippen LogP contribution >= 0.6 is 24.0 Å².